The van der Waals surface area contributed by atoms with Crippen LogP contribution in [0.4, 0.5) is 0 Å². The Hall–Kier alpha value is -1.51. The third kappa shape index (κ3) is 14.0. The summed E-state index contributed by atoms with van der Waals surface area (Å²) in [7, 11) is 0. The normalized spacial score (nSPS) is 13.1. The number of aryl methyl sites for hydroxylation is 1. The highest BCUT2D eigenvalue weighted by atomic mass is 16.4. The van der Waals surface area contributed by atoms with Gasteiger partial charge in [-0.3, -0.25) is 4.79 Å². The van der Waals surface area contributed by atoms with Gasteiger partial charge in [-0.1, -0.05) is 132 Å². The molecule has 3 nitrogen and oxygen atoms in total. The first-order valence-corrected chi connectivity index (χ1v) is 15.9. The molecule has 0 aromatic heterocycles. The van der Waals surface area contributed by atoms with E-state index in [0.717, 1.165) is 24.0 Å². The van der Waals surface area contributed by atoms with Crippen molar-refractivity contribution in [3.63, 3.8) is 0 Å². The fraction of sp³-hybridized carbons (Fsp3) is 0.800. The molecule has 0 aliphatic heterocycles. The SMILES string of the molecule is CCCCCCCCCCCCCCC(CCCc1c(CCC(=O)O)ccc(O)c1C(C)(C)C)C(C)(C)C. The fourth-order valence-corrected chi connectivity index (χ4v) is 6.04. The van der Waals surface area contributed by atoms with Gasteiger partial charge >= 0.3 is 5.97 Å². The van der Waals surface area contributed by atoms with Gasteiger partial charge in [0.25, 0.3) is 0 Å². The van der Waals surface area contributed by atoms with Crippen molar-refractivity contribution >= 4 is 5.97 Å². The molecule has 1 atom stereocenters. The first-order valence-electron chi connectivity index (χ1n) is 15.9. The van der Waals surface area contributed by atoms with Gasteiger partial charge in [0.2, 0.25) is 0 Å². The number of hydrogen-bond acceptors (Lipinski definition) is 2. The van der Waals surface area contributed by atoms with Gasteiger partial charge in [0.15, 0.2) is 0 Å². The van der Waals surface area contributed by atoms with E-state index >= 15 is 0 Å². The van der Waals surface area contributed by atoms with Gasteiger partial charge in [0.05, 0.1) is 0 Å². The summed E-state index contributed by atoms with van der Waals surface area (Å²) < 4.78 is 0. The molecule has 220 valence electrons. The standard InChI is InChI=1S/C35H62O3/c1-8-9-10-11-12-13-14-15-16-17-18-19-21-29(34(2,3)4)22-20-23-30-28(25-27-32(37)38)24-26-31(36)33(30)35(5,6)7/h24,26,29,36H,8-23,25,27H2,1-7H3,(H,37,38). The van der Waals surface area contributed by atoms with Crippen LogP contribution in [-0.2, 0) is 23.1 Å². The number of phenolic OH excluding ortho intramolecular Hbond substituents is 1. The number of aliphatic carboxylic acids is 1. The zero-order chi connectivity index (χ0) is 28.6. The fourth-order valence-electron chi connectivity index (χ4n) is 6.04. The molecule has 0 saturated heterocycles. The van der Waals surface area contributed by atoms with Crippen molar-refractivity contribution in [1.29, 1.82) is 0 Å². The van der Waals surface area contributed by atoms with Crippen LogP contribution >= 0.6 is 0 Å². The van der Waals surface area contributed by atoms with Crippen molar-refractivity contribution in [2.24, 2.45) is 11.3 Å². The molecule has 0 saturated carbocycles. The summed E-state index contributed by atoms with van der Waals surface area (Å²) in [6.45, 7) is 15.8. The van der Waals surface area contributed by atoms with Crippen molar-refractivity contribution in [1.82, 2.24) is 0 Å². The van der Waals surface area contributed by atoms with Gasteiger partial charge in [-0.2, -0.15) is 0 Å². The van der Waals surface area contributed by atoms with Crippen LogP contribution in [0.25, 0.3) is 0 Å². The summed E-state index contributed by atoms with van der Waals surface area (Å²) in [6, 6.07) is 3.70. The molecule has 1 aromatic rings. The number of phenols is 1. The minimum absolute atomic E-state index is 0.130. The first kappa shape index (κ1) is 34.5. The van der Waals surface area contributed by atoms with E-state index in [1.54, 1.807) is 6.07 Å². The average molecular weight is 531 g/mol. The van der Waals surface area contributed by atoms with E-state index in [2.05, 4.69) is 48.5 Å². The molecular formula is C35H62O3. The number of aromatic hydroxyl groups is 1. The monoisotopic (exact) mass is 530 g/mol. The lowest BCUT2D eigenvalue weighted by Crippen LogP contribution is -2.21. The Bertz CT molecular complexity index is 782. The Morgan fingerprint density at radius 2 is 1.24 bits per heavy atom. The van der Waals surface area contributed by atoms with Gasteiger partial charge in [0.1, 0.15) is 5.75 Å². The molecule has 1 aromatic carbocycles. The molecule has 0 aliphatic carbocycles. The van der Waals surface area contributed by atoms with Crippen molar-refractivity contribution in [2.45, 2.75) is 169 Å². The molecule has 0 fully saturated rings. The second-order valence-electron chi connectivity index (χ2n) is 13.9. The minimum Gasteiger partial charge on any atom is -0.508 e. The topological polar surface area (TPSA) is 57.5 Å². The smallest absolute Gasteiger partial charge is 0.303 e. The zero-order valence-corrected chi connectivity index (χ0v) is 26.3. The molecular weight excluding hydrogens is 468 g/mol. The Morgan fingerprint density at radius 3 is 1.71 bits per heavy atom. The highest BCUT2D eigenvalue weighted by Crippen LogP contribution is 2.39. The number of benzene rings is 1. The second kappa shape index (κ2) is 18.0. The molecule has 0 heterocycles. The number of rotatable bonds is 20. The van der Waals surface area contributed by atoms with Gasteiger partial charge in [-0.15, -0.1) is 0 Å². The van der Waals surface area contributed by atoms with Crippen LogP contribution in [0.2, 0.25) is 0 Å². The van der Waals surface area contributed by atoms with E-state index in [-0.39, 0.29) is 17.3 Å². The lowest BCUT2D eigenvalue weighted by Gasteiger charge is -2.32. The largest absolute Gasteiger partial charge is 0.508 e. The van der Waals surface area contributed by atoms with E-state index in [0.29, 0.717) is 18.1 Å². The Morgan fingerprint density at radius 1 is 0.737 bits per heavy atom. The number of carboxylic acids is 1. The molecule has 1 rings (SSSR count). The second-order valence-corrected chi connectivity index (χ2v) is 13.9. The predicted octanol–water partition coefficient (Wildman–Crippen LogP) is 10.8. The van der Waals surface area contributed by atoms with E-state index in [4.69, 9.17) is 0 Å². The predicted molar refractivity (Wildman–Crippen MR) is 164 cm³/mol. The summed E-state index contributed by atoms with van der Waals surface area (Å²) in [5, 5.41) is 20.0. The molecule has 0 aliphatic rings. The number of carboxylic acid groups (broad SMARTS) is 1. The van der Waals surface area contributed by atoms with Crippen LogP contribution in [0.15, 0.2) is 12.1 Å². The minimum atomic E-state index is -0.767. The zero-order valence-electron chi connectivity index (χ0n) is 26.3. The van der Waals surface area contributed by atoms with E-state index in [9.17, 15) is 15.0 Å². The van der Waals surface area contributed by atoms with E-state index in [1.165, 1.54) is 95.5 Å². The lowest BCUT2D eigenvalue weighted by atomic mass is 9.74. The van der Waals surface area contributed by atoms with Gasteiger partial charge in [0, 0.05) is 12.0 Å². The van der Waals surface area contributed by atoms with Crippen molar-refractivity contribution < 1.29 is 15.0 Å². The first-order chi connectivity index (χ1) is 17.9. The molecule has 0 amide bonds. The third-order valence-electron chi connectivity index (χ3n) is 8.36. The summed E-state index contributed by atoms with van der Waals surface area (Å²) >= 11 is 0. The van der Waals surface area contributed by atoms with Crippen LogP contribution in [-0.4, -0.2) is 16.2 Å². The van der Waals surface area contributed by atoms with Crippen LogP contribution in [0.5, 0.6) is 5.75 Å². The molecule has 38 heavy (non-hydrogen) atoms. The maximum atomic E-state index is 11.3. The Kier molecular flexibility index (Phi) is 16.3. The van der Waals surface area contributed by atoms with Crippen molar-refractivity contribution in [3.8, 4) is 5.75 Å². The maximum absolute atomic E-state index is 11.3. The summed E-state index contributed by atoms with van der Waals surface area (Å²) in [6.07, 6.45) is 21.8. The van der Waals surface area contributed by atoms with Crippen molar-refractivity contribution in [3.05, 3.63) is 28.8 Å². The van der Waals surface area contributed by atoms with Crippen LogP contribution in [0, 0.1) is 11.3 Å². The summed E-state index contributed by atoms with van der Waals surface area (Å²) in [5.74, 6) is 0.260. The van der Waals surface area contributed by atoms with Gasteiger partial charge in [-0.05, 0) is 66.0 Å². The molecule has 1 unspecified atom stereocenters. The van der Waals surface area contributed by atoms with Crippen LogP contribution in [0.1, 0.15) is 168 Å². The van der Waals surface area contributed by atoms with E-state index in [1.807, 2.05) is 6.07 Å². The maximum Gasteiger partial charge on any atom is 0.303 e. The van der Waals surface area contributed by atoms with Gasteiger partial charge < -0.3 is 10.2 Å². The van der Waals surface area contributed by atoms with Crippen molar-refractivity contribution in [2.75, 3.05) is 0 Å². The highest BCUT2D eigenvalue weighted by molar-refractivity contribution is 5.67. The molecule has 0 spiro atoms. The molecule has 2 N–H and O–H groups in total. The molecule has 0 radical (unpaired) electrons. The van der Waals surface area contributed by atoms with Crippen LogP contribution < -0.4 is 0 Å². The van der Waals surface area contributed by atoms with E-state index < -0.39 is 5.97 Å². The average Bonchev–Trinajstić information content (AvgIpc) is 2.81. The molecule has 0 bridgehead atoms. The number of hydrogen-bond donors (Lipinski definition) is 2. The highest BCUT2D eigenvalue weighted by Gasteiger charge is 2.26. The molecule has 3 heteroatoms. The Labute approximate surface area is 236 Å². The lowest BCUT2D eigenvalue weighted by molar-refractivity contribution is -0.136. The van der Waals surface area contributed by atoms with Crippen LogP contribution in [0.3, 0.4) is 0 Å². The Balaban J connectivity index is 2.57. The van der Waals surface area contributed by atoms with Gasteiger partial charge in [-0.25, -0.2) is 0 Å². The third-order valence-corrected chi connectivity index (χ3v) is 8.36. The quantitative estimate of drug-likeness (QED) is 0.165. The summed E-state index contributed by atoms with van der Waals surface area (Å²) in [4.78, 5) is 11.3. The number of carbonyl (C=O) groups is 1. The summed E-state index contributed by atoms with van der Waals surface area (Å²) in [5.41, 5.74) is 3.36. The number of unbranched alkanes of at least 4 members (excludes halogenated alkanes) is 11.